The summed E-state index contributed by atoms with van der Waals surface area (Å²) < 4.78 is 36.0. The van der Waals surface area contributed by atoms with E-state index in [9.17, 15) is 19.2 Å². The lowest BCUT2D eigenvalue weighted by Gasteiger charge is -2.35. The van der Waals surface area contributed by atoms with Crippen molar-refractivity contribution in [2.24, 2.45) is 0 Å². The number of para-hydroxylation sites is 1. The van der Waals surface area contributed by atoms with Crippen LogP contribution in [0.5, 0.6) is 0 Å². The van der Waals surface area contributed by atoms with Crippen molar-refractivity contribution in [1.29, 1.82) is 0 Å². The van der Waals surface area contributed by atoms with Crippen molar-refractivity contribution in [2.75, 3.05) is 20.3 Å². The number of benzene rings is 1. The van der Waals surface area contributed by atoms with Gasteiger partial charge in [0.15, 0.2) is 0 Å². The molecule has 51 heavy (non-hydrogen) atoms. The largest absolute Gasteiger partial charge is 0.465 e. The molecule has 2 fully saturated rings. The first-order chi connectivity index (χ1) is 23.2. The summed E-state index contributed by atoms with van der Waals surface area (Å²) in [5, 5.41) is 0.647. The smallest absolute Gasteiger partial charge is 0.419 e. The van der Waals surface area contributed by atoms with Crippen LogP contribution in [0.3, 0.4) is 0 Å². The fourth-order valence-corrected chi connectivity index (χ4v) is 6.35. The number of fused-ring (bicyclic) bond motifs is 1. The van der Waals surface area contributed by atoms with E-state index in [1.807, 2.05) is 6.07 Å². The van der Waals surface area contributed by atoms with Gasteiger partial charge in [-0.15, -0.1) is 0 Å². The predicted molar refractivity (Wildman–Crippen MR) is 191 cm³/mol. The van der Waals surface area contributed by atoms with Crippen LogP contribution in [-0.4, -0.2) is 99.3 Å². The van der Waals surface area contributed by atoms with Crippen LogP contribution in [0.4, 0.5) is 14.4 Å². The second-order valence-electron chi connectivity index (χ2n) is 16.9. The summed E-state index contributed by atoms with van der Waals surface area (Å²) in [6, 6.07) is 4.18. The molecular weight excluding hydrogens is 658 g/mol. The van der Waals surface area contributed by atoms with Crippen molar-refractivity contribution < 1.29 is 47.6 Å². The molecule has 0 aliphatic carbocycles. The molecular formula is C38H55N3O10. The molecule has 2 atom stereocenters. The minimum Gasteiger partial charge on any atom is -0.465 e. The second kappa shape index (κ2) is 13.8. The molecule has 2 saturated heterocycles. The standard InChI is InChI=1S/C38H55N3O10/c1-34(2,3)49-31(43)39-20-23(18-24-21-47-37(10,11)40(24)32(44)50-35(4,5)6)26-16-15-17-27(29(26)39)28(30(42)46-14)19-25-22-48-38(12,13)41(25)33(45)51-36(7,8)9/h15-17,19-20,24-25H,18,21-22H2,1-14H3/b28-19-/t24-,25-/m0/s1. The summed E-state index contributed by atoms with van der Waals surface area (Å²) in [4.78, 5) is 57.5. The molecule has 2 amide bonds. The number of carbonyl (C=O) groups excluding carboxylic acids is 4. The normalized spacial score (nSPS) is 20.8. The van der Waals surface area contributed by atoms with Gasteiger partial charge in [0.2, 0.25) is 0 Å². The number of amides is 2. The average Bonchev–Trinajstić information content (AvgIpc) is 3.58. The molecule has 0 saturated carbocycles. The Labute approximate surface area is 301 Å². The third kappa shape index (κ3) is 9.04. The van der Waals surface area contributed by atoms with Gasteiger partial charge in [-0.3, -0.25) is 14.4 Å². The Kier molecular flexibility index (Phi) is 10.7. The summed E-state index contributed by atoms with van der Waals surface area (Å²) in [6.45, 7) is 23.4. The van der Waals surface area contributed by atoms with E-state index in [1.54, 1.807) is 119 Å². The molecule has 13 nitrogen and oxygen atoms in total. The molecule has 2 aromatic rings. The van der Waals surface area contributed by atoms with Crippen molar-refractivity contribution in [2.45, 2.75) is 137 Å². The van der Waals surface area contributed by atoms with E-state index in [2.05, 4.69) is 0 Å². The average molecular weight is 714 g/mol. The number of hydrogen-bond donors (Lipinski definition) is 0. The molecule has 0 N–H and O–H groups in total. The van der Waals surface area contributed by atoms with Crippen LogP contribution < -0.4 is 0 Å². The molecule has 0 radical (unpaired) electrons. The zero-order chi connectivity index (χ0) is 38.5. The number of methoxy groups -OCH3 is 1. The first-order valence-corrected chi connectivity index (χ1v) is 17.2. The van der Waals surface area contributed by atoms with Crippen LogP contribution in [0.25, 0.3) is 16.5 Å². The lowest BCUT2D eigenvalue weighted by atomic mass is 9.97. The van der Waals surface area contributed by atoms with Gasteiger partial charge in [0.05, 0.1) is 43.5 Å². The second-order valence-corrected chi connectivity index (χ2v) is 16.9. The number of carbonyl (C=O) groups is 4. The molecule has 2 aliphatic rings. The fourth-order valence-electron chi connectivity index (χ4n) is 6.35. The van der Waals surface area contributed by atoms with Crippen molar-refractivity contribution in [3.05, 3.63) is 41.6 Å². The first-order valence-electron chi connectivity index (χ1n) is 17.2. The third-order valence-corrected chi connectivity index (χ3v) is 8.28. The molecule has 0 spiro atoms. The molecule has 13 heteroatoms. The van der Waals surface area contributed by atoms with E-state index < -0.39 is 64.6 Å². The number of ether oxygens (including phenoxy) is 6. The first kappa shape index (κ1) is 39.7. The molecule has 3 heterocycles. The topological polar surface area (TPSA) is 135 Å². The Balaban J connectivity index is 1.90. The van der Waals surface area contributed by atoms with Gasteiger partial charge in [0, 0.05) is 17.1 Å². The van der Waals surface area contributed by atoms with Gasteiger partial charge in [-0.2, -0.15) is 0 Å². The molecule has 2 aliphatic heterocycles. The Bertz CT molecular complexity index is 1700. The predicted octanol–water partition coefficient (Wildman–Crippen LogP) is 7.27. The molecule has 1 aromatic heterocycles. The van der Waals surface area contributed by atoms with Crippen LogP contribution >= 0.6 is 0 Å². The molecule has 4 rings (SSSR count). The van der Waals surface area contributed by atoms with E-state index >= 15 is 0 Å². The van der Waals surface area contributed by atoms with Crippen LogP contribution in [0, 0.1) is 0 Å². The molecule has 1 aromatic carbocycles. The Morgan fingerprint density at radius 2 is 1.29 bits per heavy atom. The lowest BCUT2D eigenvalue weighted by molar-refractivity contribution is -0.133. The lowest BCUT2D eigenvalue weighted by Crippen LogP contribution is -2.50. The van der Waals surface area contributed by atoms with Crippen molar-refractivity contribution in [3.63, 3.8) is 0 Å². The summed E-state index contributed by atoms with van der Waals surface area (Å²) in [5.41, 5.74) is -2.74. The minimum atomic E-state index is -1.04. The number of nitrogens with zero attached hydrogens (tertiary/aromatic N) is 3. The SMILES string of the molecule is COC(=O)/C(=C\[C@H]1COC(C)(C)N1C(=O)OC(C)(C)C)c1cccc2c(C[C@H]3COC(C)(C)N3C(=O)OC(C)(C)C)cn(C(=O)OC(C)(C)C)c12. The Morgan fingerprint density at radius 1 is 0.784 bits per heavy atom. The van der Waals surface area contributed by atoms with E-state index in [0.717, 1.165) is 0 Å². The summed E-state index contributed by atoms with van der Waals surface area (Å²) in [5.74, 6) is -0.683. The van der Waals surface area contributed by atoms with Gasteiger partial charge in [0.25, 0.3) is 0 Å². The van der Waals surface area contributed by atoms with Crippen LogP contribution in [-0.2, 0) is 39.6 Å². The van der Waals surface area contributed by atoms with E-state index in [4.69, 9.17) is 28.4 Å². The molecule has 0 bridgehead atoms. The highest BCUT2D eigenvalue weighted by molar-refractivity contribution is 6.20. The molecule has 0 unspecified atom stereocenters. The van der Waals surface area contributed by atoms with E-state index in [0.29, 0.717) is 28.5 Å². The van der Waals surface area contributed by atoms with E-state index in [-0.39, 0.29) is 18.8 Å². The third-order valence-electron chi connectivity index (χ3n) is 8.28. The quantitative estimate of drug-likeness (QED) is 0.177. The fraction of sp³-hybridized carbons (Fsp3) is 0.632. The number of hydrogen-bond acceptors (Lipinski definition) is 10. The maximum atomic E-state index is 13.9. The number of esters is 1. The summed E-state index contributed by atoms with van der Waals surface area (Å²) in [7, 11) is 1.27. The van der Waals surface area contributed by atoms with Gasteiger partial charge < -0.3 is 28.4 Å². The van der Waals surface area contributed by atoms with Crippen molar-refractivity contribution >= 4 is 40.7 Å². The monoisotopic (exact) mass is 713 g/mol. The van der Waals surface area contributed by atoms with E-state index in [1.165, 1.54) is 16.6 Å². The highest BCUT2D eigenvalue weighted by Crippen LogP contribution is 2.37. The summed E-state index contributed by atoms with van der Waals surface area (Å²) in [6.07, 6.45) is 1.80. The van der Waals surface area contributed by atoms with Gasteiger partial charge in [-0.25, -0.2) is 19.2 Å². The molecule has 282 valence electrons. The van der Waals surface area contributed by atoms with Gasteiger partial charge in [0.1, 0.15) is 28.3 Å². The highest BCUT2D eigenvalue weighted by atomic mass is 16.6. The van der Waals surface area contributed by atoms with Crippen molar-refractivity contribution in [3.8, 4) is 0 Å². The Hall–Kier alpha value is -4.10. The minimum absolute atomic E-state index is 0.0823. The van der Waals surface area contributed by atoms with Gasteiger partial charge in [-0.1, -0.05) is 18.2 Å². The number of rotatable bonds is 5. The van der Waals surface area contributed by atoms with Crippen LogP contribution in [0.1, 0.15) is 101 Å². The highest BCUT2D eigenvalue weighted by Gasteiger charge is 2.47. The maximum absolute atomic E-state index is 13.9. The van der Waals surface area contributed by atoms with Gasteiger partial charge in [-0.05, 0) is 108 Å². The van der Waals surface area contributed by atoms with Crippen LogP contribution in [0.2, 0.25) is 0 Å². The zero-order valence-electron chi connectivity index (χ0n) is 32.6. The summed E-state index contributed by atoms with van der Waals surface area (Å²) >= 11 is 0. The maximum Gasteiger partial charge on any atom is 0.419 e. The Morgan fingerprint density at radius 3 is 1.84 bits per heavy atom. The van der Waals surface area contributed by atoms with Crippen molar-refractivity contribution in [1.82, 2.24) is 14.4 Å². The zero-order valence-corrected chi connectivity index (χ0v) is 32.6. The van der Waals surface area contributed by atoms with Gasteiger partial charge >= 0.3 is 24.2 Å². The van der Waals surface area contributed by atoms with Crippen LogP contribution in [0.15, 0.2) is 30.5 Å². The number of aromatic nitrogens is 1.